The Morgan fingerprint density at radius 3 is 2.58 bits per heavy atom. The molecule has 0 saturated heterocycles. The van der Waals surface area contributed by atoms with E-state index in [1.165, 1.54) is 0 Å². The van der Waals surface area contributed by atoms with Crippen LogP contribution < -0.4 is 16.4 Å². The van der Waals surface area contributed by atoms with Crippen LogP contribution in [0.2, 0.25) is 0 Å². The first-order valence-corrected chi connectivity index (χ1v) is 6.24. The molecule has 1 heterocycles. The van der Waals surface area contributed by atoms with Gasteiger partial charge in [0.25, 0.3) is 0 Å². The van der Waals surface area contributed by atoms with Gasteiger partial charge in [0.1, 0.15) is 11.5 Å². The third-order valence-electron chi connectivity index (χ3n) is 2.87. The molecule has 2 rings (SSSR count). The Hall–Kier alpha value is -2.01. The zero-order chi connectivity index (χ0) is 14.0. The minimum absolute atomic E-state index is 0.426. The van der Waals surface area contributed by atoms with Gasteiger partial charge >= 0.3 is 0 Å². The number of rotatable bonds is 4. The van der Waals surface area contributed by atoms with E-state index in [4.69, 9.17) is 5.73 Å². The van der Waals surface area contributed by atoms with E-state index in [0.717, 1.165) is 22.3 Å². The first kappa shape index (κ1) is 13.4. The van der Waals surface area contributed by atoms with Crippen LogP contribution in [0.3, 0.4) is 0 Å². The third kappa shape index (κ3) is 2.88. The predicted molar refractivity (Wildman–Crippen MR) is 80.5 cm³/mol. The van der Waals surface area contributed by atoms with Crippen LogP contribution in [0.15, 0.2) is 24.3 Å². The number of aliphatic hydroxyl groups is 1. The van der Waals surface area contributed by atoms with Gasteiger partial charge in [-0.3, -0.25) is 0 Å². The summed E-state index contributed by atoms with van der Waals surface area (Å²) >= 11 is 0. The molecule has 2 aromatic rings. The highest BCUT2D eigenvalue weighted by molar-refractivity contribution is 6.01. The lowest BCUT2D eigenvalue weighted by molar-refractivity contribution is 0.0946. The lowest BCUT2D eigenvalue weighted by Gasteiger charge is -2.22. The predicted octanol–water partition coefficient (Wildman–Crippen LogP) is 2.04. The van der Waals surface area contributed by atoms with Gasteiger partial charge in [0, 0.05) is 19.0 Å². The Labute approximate surface area is 112 Å². The summed E-state index contributed by atoms with van der Waals surface area (Å²) in [4.78, 5) is 4.36. The molecule has 0 unspecified atom stereocenters. The van der Waals surface area contributed by atoms with Gasteiger partial charge in [0.05, 0.1) is 16.8 Å². The van der Waals surface area contributed by atoms with Crippen molar-refractivity contribution in [3.05, 3.63) is 24.3 Å². The molecule has 102 valence electrons. The standard InChI is InChI=1S/C14H20N4O/c1-14(2,19)8-17-11-9-6-4-5-7-10(9)18-13(15)12(11)16-3/h4-7,16,19H,8H2,1-3H3,(H3,15,17,18). The minimum atomic E-state index is -0.801. The second-order valence-corrected chi connectivity index (χ2v) is 5.18. The maximum atomic E-state index is 9.85. The van der Waals surface area contributed by atoms with Crippen LogP contribution in [0.4, 0.5) is 17.2 Å². The number of hydrogen-bond acceptors (Lipinski definition) is 5. The number of anilines is 3. The van der Waals surface area contributed by atoms with E-state index in [9.17, 15) is 5.11 Å². The molecule has 1 aromatic carbocycles. The van der Waals surface area contributed by atoms with E-state index < -0.39 is 5.60 Å². The van der Waals surface area contributed by atoms with Gasteiger partial charge in [-0.2, -0.15) is 0 Å². The average Bonchev–Trinajstić information content (AvgIpc) is 2.34. The number of nitrogens with two attached hydrogens (primary N) is 1. The van der Waals surface area contributed by atoms with Gasteiger partial charge in [-0.15, -0.1) is 0 Å². The molecule has 1 aromatic heterocycles. The van der Waals surface area contributed by atoms with Crippen molar-refractivity contribution in [2.45, 2.75) is 19.4 Å². The SMILES string of the molecule is CNc1c(N)nc2ccccc2c1NCC(C)(C)O. The Kier molecular flexibility index (Phi) is 3.48. The molecule has 0 amide bonds. The summed E-state index contributed by atoms with van der Waals surface area (Å²) in [6.07, 6.45) is 0. The fourth-order valence-corrected chi connectivity index (χ4v) is 1.97. The highest BCUT2D eigenvalue weighted by atomic mass is 16.3. The maximum absolute atomic E-state index is 9.85. The summed E-state index contributed by atoms with van der Waals surface area (Å²) in [7, 11) is 1.80. The third-order valence-corrected chi connectivity index (χ3v) is 2.87. The molecule has 5 nitrogen and oxygen atoms in total. The highest BCUT2D eigenvalue weighted by Crippen LogP contribution is 2.34. The van der Waals surface area contributed by atoms with Gasteiger partial charge < -0.3 is 21.5 Å². The van der Waals surface area contributed by atoms with E-state index in [0.29, 0.717) is 12.4 Å². The number of fused-ring (bicyclic) bond motifs is 1. The van der Waals surface area contributed by atoms with E-state index in [1.54, 1.807) is 20.9 Å². The number of pyridine rings is 1. The van der Waals surface area contributed by atoms with Crippen LogP contribution in [0.1, 0.15) is 13.8 Å². The van der Waals surface area contributed by atoms with Gasteiger partial charge in [0.2, 0.25) is 0 Å². The Bertz CT molecular complexity index is 590. The molecule has 0 bridgehead atoms. The minimum Gasteiger partial charge on any atom is -0.389 e. The molecule has 0 radical (unpaired) electrons. The molecule has 0 fully saturated rings. The summed E-state index contributed by atoms with van der Waals surface area (Å²) < 4.78 is 0. The number of hydrogen-bond donors (Lipinski definition) is 4. The number of nitrogens with one attached hydrogen (secondary N) is 2. The second kappa shape index (κ2) is 4.93. The Morgan fingerprint density at radius 2 is 1.95 bits per heavy atom. The number of benzene rings is 1. The van der Waals surface area contributed by atoms with Crippen molar-refractivity contribution in [3.8, 4) is 0 Å². The fraction of sp³-hybridized carbons (Fsp3) is 0.357. The number of aromatic nitrogens is 1. The summed E-state index contributed by atoms with van der Waals surface area (Å²) in [5.41, 5.74) is 7.61. The molecular formula is C14H20N4O. The van der Waals surface area contributed by atoms with E-state index in [2.05, 4.69) is 15.6 Å². The van der Waals surface area contributed by atoms with Crippen molar-refractivity contribution in [2.75, 3.05) is 30.0 Å². The van der Waals surface area contributed by atoms with Gasteiger partial charge in [-0.1, -0.05) is 18.2 Å². The second-order valence-electron chi connectivity index (χ2n) is 5.18. The normalized spacial score (nSPS) is 11.6. The Balaban J connectivity index is 2.54. The number of nitrogens with zero attached hydrogens (tertiary/aromatic N) is 1. The summed E-state index contributed by atoms with van der Waals surface area (Å²) in [6.45, 7) is 3.94. The quantitative estimate of drug-likeness (QED) is 0.676. The number of para-hydroxylation sites is 1. The van der Waals surface area contributed by atoms with Crippen LogP contribution in [-0.4, -0.2) is 29.3 Å². The van der Waals surface area contributed by atoms with Crippen LogP contribution in [0.25, 0.3) is 10.9 Å². The van der Waals surface area contributed by atoms with E-state index in [-0.39, 0.29) is 0 Å². The topological polar surface area (TPSA) is 83.2 Å². The van der Waals surface area contributed by atoms with Gasteiger partial charge in [-0.25, -0.2) is 4.98 Å². The average molecular weight is 260 g/mol. The van der Waals surface area contributed by atoms with Crippen LogP contribution >= 0.6 is 0 Å². The van der Waals surface area contributed by atoms with E-state index in [1.807, 2.05) is 24.3 Å². The molecule has 0 aliphatic carbocycles. The highest BCUT2D eigenvalue weighted by Gasteiger charge is 2.16. The van der Waals surface area contributed by atoms with Crippen molar-refractivity contribution in [3.63, 3.8) is 0 Å². The lowest BCUT2D eigenvalue weighted by atomic mass is 10.1. The van der Waals surface area contributed by atoms with Gasteiger partial charge in [-0.05, 0) is 19.9 Å². The molecule has 0 spiro atoms. The first-order valence-electron chi connectivity index (χ1n) is 6.24. The van der Waals surface area contributed by atoms with Gasteiger partial charge in [0.15, 0.2) is 0 Å². The van der Waals surface area contributed by atoms with Crippen LogP contribution in [-0.2, 0) is 0 Å². The molecule has 0 aliphatic heterocycles. The molecular weight excluding hydrogens is 240 g/mol. The smallest absolute Gasteiger partial charge is 0.149 e. The molecule has 5 heteroatoms. The number of nitrogen functional groups attached to an aromatic ring is 1. The van der Waals surface area contributed by atoms with E-state index >= 15 is 0 Å². The molecule has 0 atom stereocenters. The zero-order valence-electron chi connectivity index (χ0n) is 11.5. The van der Waals surface area contributed by atoms with Crippen molar-refractivity contribution in [1.82, 2.24) is 4.98 Å². The summed E-state index contributed by atoms with van der Waals surface area (Å²) in [6, 6.07) is 7.78. The summed E-state index contributed by atoms with van der Waals surface area (Å²) in [5.74, 6) is 0.444. The monoisotopic (exact) mass is 260 g/mol. The van der Waals surface area contributed by atoms with Crippen molar-refractivity contribution in [2.24, 2.45) is 0 Å². The van der Waals surface area contributed by atoms with Crippen LogP contribution in [0, 0.1) is 0 Å². The lowest BCUT2D eigenvalue weighted by Crippen LogP contribution is -2.29. The maximum Gasteiger partial charge on any atom is 0.149 e. The molecule has 19 heavy (non-hydrogen) atoms. The fourth-order valence-electron chi connectivity index (χ4n) is 1.97. The van der Waals surface area contributed by atoms with Crippen molar-refractivity contribution in [1.29, 1.82) is 0 Å². The summed E-state index contributed by atoms with van der Waals surface area (Å²) in [5, 5.41) is 17.1. The van der Waals surface area contributed by atoms with Crippen molar-refractivity contribution >= 4 is 28.1 Å². The molecule has 0 saturated carbocycles. The van der Waals surface area contributed by atoms with Crippen LogP contribution in [0.5, 0.6) is 0 Å². The Morgan fingerprint density at radius 1 is 1.26 bits per heavy atom. The zero-order valence-corrected chi connectivity index (χ0v) is 11.5. The largest absolute Gasteiger partial charge is 0.389 e. The van der Waals surface area contributed by atoms with Crippen molar-refractivity contribution < 1.29 is 5.11 Å². The first-order chi connectivity index (χ1) is 8.92. The molecule has 0 aliphatic rings. The molecule has 5 N–H and O–H groups in total.